The molecule has 212 valence electrons. The zero-order valence-corrected chi connectivity index (χ0v) is 23.6. The van der Waals surface area contributed by atoms with Crippen molar-refractivity contribution in [3.05, 3.63) is 87.9 Å². The monoisotopic (exact) mass is 553 g/mol. The summed E-state index contributed by atoms with van der Waals surface area (Å²) in [6.45, 7) is 7.73. The molecule has 2 heterocycles. The summed E-state index contributed by atoms with van der Waals surface area (Å²) in [5.41, 5.74) is 5.09. The molecule has 11 heteroatoms. The van der Waals surface area contributed by atoms with Crippen molar-refractivity contribution in [3.63, 3.8) is 0 Å². The number of carbonyl (C=O) groups excluding carboxylic acids is 2. The molecule has 2 aromatic carbocycles. The summed E-state index contributed by atoms with van der Waals surface area (Å²) in [5.74, 6) is 0.166. The Morgan fingerprint density at radius 2 is 1.78 bits per heavy atom. The summed E-state index contributed by atoms with van der Waals surface area (Å²) < 4.78 is 0. The van der Waals surface area contributed by atoms with Gasteiger partial charge in [-0.1, -0.05) is 23.9 Å². The molecule has 4 N–H and O–H groups in total. The maximum Gasteiger partial charge on any atom is 0.251 e. The van der Waals surface area contributed by atoms with Gasteiger partial charge in [0.2, 0.25) is 0 Å². The second-order valence-electron chi connectivity index (χ2n) is 10.8. The number of amides is 2. The number of nitriles is 1. The van der Waals surface area contributed by atoms with Crippen LogP contribution < -0.4 is 16.0 Å². The average molecular weight is 554 g/mol. The van der Waals surface area contributed by atoms with Gasteiger partial charge in [-0.15, -0.1) is 10.2 Å². The molecule has 1 saturated heterocycles. The lowest BCUT2D eigenvalue weighted by molar-refractivity contribution is 0.0955. The number of likely N-dealkylation sites (tertiary alicyclic amines) is 1. The SMILES string of the molecule is C=C(CN[C@@H](C)CC1(c2nn[nH]n2)c2ccc(C(=O)NC)cc2Cc2cc(C(=O)NC)ccc21)N1CCCC1C#N. The van der Waals surface area contributed by atoms with Gasteiger partial charge >= 0.3 is 0 Å². The molecule has 0 radical (unpaired) electrons. The van der Waals surface area contributed by atoms with Crippen LogP contribution >= 0.6 is 0 Å². The van der Waals surface area contributed by atoms with E-state index in [1.165, 1.54) is 0 Å². The lowest BCUT2D eigenvalue weighted by atomic mass is 9.62. The molecule has 0 saturated carbocycles. The van der Waals surface area contributed by atoms with E-state index in [0.717, 1.165) is 47.3 Å². The number of aromatic nitrogens is 4. The van der Waals surface area contributed by atoms with E-state index in [2.05, 4.69) is 61.0 Å². The molecule has 0 spiro atoms. The van der Waals surface area contributed by atoms with Crippen molar-refractivity contribution in [1.29, 1.82) is 5.26 Å². The van der Waals surface area contributed by atoms with Gasteiger partial charge in [-0.25, -0.2) is 0 Å². The molecular formula is C30H35N9O2. The van der Waals surface area contributed by atoms with Crippen LogP contribution in [0.25, 0.3) is 0 Å². The third-order valence-electron chi connectivity index (χ3n) is 8.29. The van der Waals surface area contributed by atoms with Crippen molar-refractivity contribution in [1.82, 2.24) is 41.5 Å². The molecule has 1 aromatic heterocycles. The van der Waals surface area contributed by atoms with Crippen LogP contribution in [0.4, 0.5) is 0 Å². The van der Waals surface area contributed by atoms with Gasteiger partial charge in [-0.05, 0) is 79.1 Å². The Hall–Kier alpha value is -4.56. The highest BCUT2D eigenvalue weighted by atomic mass is 16.2. The summed E-state index contributed by atoms with van der Waals surface area (Å²) in [7, 11) is 3.22. The summed E-state index contributed by atoms with van der Waals surface area (Å²) in [6, 6.07) is 13.7. The van der Waals surface area contributed by atoms with E-state index in [9.17, 15) is 14.9 Å². The highest BCUT2D eigenvalue weighted by Gasteiger charge is 2.46. The van der Waals surface area contributed by atoms with Crippen LogP contribution in [0.2, 0.25) is 0 Å². The third-order valence-corrected chi connectivity index (χ3v) is 8.29. The second-order valence-corrected chi connectivity index (χ2v) is 10.8. The first-order valence-corrected chi connectivity index (χ1v) is 13.8. The van der Waals surface area contributed by atoms with Gasteiger partial charge in [0.25, 0.3) is 11.8 Å². The third kappa shape index (κ3) is 5.07. The van der Waals surface area contributed by atoms with Crippen molar-refractivity contribution < 1.29 is 9.59 Å². The van der Waals surface area contributed by atoms with E-state index >= 15 is 0 Å². The van der Waals surface area contributed by atoms with Crippen LogP contribution in [0, 0.1) is 11.3 Å². The zero-order chi connectivity index (χ0) is 29.1. The van der Waals surface area contributed by atoms with E-state index < -0.39 is 5.41 Å². The van der Waals surface area contributed by atoms with Gasteiger partial charge in [0.1, 0.15) is 6.04 Å². The van der Waals surface area contributed by atoms with Gasteiger partial charge < -0.3 is 20.9 Å². The number of aromatic amines is 1. The maximum atomic E-state index is 12.6. The molecule has 0 bridgehead atoms. The highest BCUT2D eigenvalue weighted by molar-refractivity contribution is 5.95. The van der Waals surface area contributed by atoms with E-state index in [4.69, 9.17) is 0 Å². The van der Waals surface area contributed by atoms with E-state index in [-0.39, 0.29) is 23.9 Å². The first-order chi connectivity index (χ1) is 19.8. The fraction of sp³-hybridized carbons (Fsp3) is 0.400. The lowest BCUT2D eigenvalue weighted by Gasteiger charge is -2.41. The Kier molecular flexibility index (Phi) is 7.85. The molecule has 5 rings (SSSR count). The van der Waals surface area contributed by atoms with Crippen LogP contribution in [0.1, 0.15) is 75.0 Å². The highest BCUT2D eigenvalue weighted by Crippen LogP contribution is 2.48. The predicted octanol–water partition coefficient (Wildman–Crippen LogP) is 2.03. The number of nitrogens with zero attached hydrogens (tertiary/aromatic N) is 5. The van der Waals surface area contributed by atoms with Crippen LogP contribution in [0.3, 0.4) is 0 Å². The van der Waals surface area contributed by atoms with Crippen LogP contribution in [0.15, 0.2) is 48.7 Å². The minimum atomic E-state index is -0.811. The summed E-state index contributed by atoms with van der Waals surface area (Å²) in [5, 5.41) is 34.1. The summed E-state index contributed by atoms with van der Waals surface area (Å²) in [4.78, 5) is 27.2. The minimum absolute atomic E-state index is 0.0376. The van der Waals surface area contributed by atoms with E-state index in [0.29, 0.717) is 36.3 Å². The quantitative estimate of drug-likeness (QED) is 0.314. The number of rotatable bonds is 9. The largest absolute Gasteiger partial charge is 0.358 e. The molecular weight excluding hydrogens is 518 g/mol. The lowest BCUT2D eigenvalue weighted by Crippen LogP contribution is -2.43. The van der Waals surface area contributed by atoms with Crippen LogP contribution in [-0.2, 0) is 11.8 Å². The fourth-order valence-corrected chi connectivity index (χ4v) is 6.33. The van der Waals surface area contributed by atoms with Crippen molar-refractivity contribution in [2.75, 3.05) is 27.2 Å². The number of fused-ring (bicyclic) bond motifs is 2. The average Bonchev–Trinajstić information content (AvgIpc) is 3.71. The Balaban J connectivity index is 1.57. The number of H-pyrrole nitrogens is 1. The van der Waals surface area contributed by atoms with E-state index in [1.54, 1.807) is 14.1 Å². The Morgan fingerprint density at radius 3 is 2.32 bits per heavy atom. The number of hydrogen-bond acceptors (Lipinski definition) is 8. The molecule has 1 unspecified atom stereocenters. The summed E-state index contributed by atoms with van der Waals surface area (Å²) in [6.07, 6.45) is 2.95. The van der Waals surface area contributed by atoms with Crippen molar-refractivity contribution in [2.24, 2.45) is 0 Å². The second kappa shape index (κ2) is 11.5. The molecule has 11 nitrogen and oxygen atoms in total. The molecule has 2 amide bonds. The van der Waals surface area contributed by atoms with Crippen LogP contribution in [-0.4, -0.2) is 76.6 Å². The smallest absolute Gasteiger partial charge is 0.251 e. The zero-order valence-electron chi connectivity index (χ0n) is 23.6. The van der Waals surface area contributed by atoms with Gasteiger partial charge in [0.15, 0.2) is 5.82 Å². The van der Waals surface area contributed by atoms with Crippen molar-refractivity contribution in [3.8, 4) is 6.07 Å². The Bertz CT molecular complexity index is 1440. The first kappa shape index (κ1) is 28.0. The number of nitrogens with one attached hydrogen (secondary N) is 4. The molecule has 3 aromatic rings. The molecule has 1 aliphatic carbocycles. The fourth-order valence-electron chi connectivity index (χ4n) is 6.33. The molecule has 2 aliphatic rings. The standard InChI is InChI=1S/C30H35N9O2/c1-18(34-17-19(2)39-11-5-6-24(39)16-31)15-30(29-35-37-38-36-29)25-9-7-20(27(40)32-3)12-22(25)14-23-13-21(28(41)33-4)8-10-26(23)30/h7-10,12-13,18,24,34H,2,5-6,11,14-15,17H2,1,3-4H3,(H,32,40)(H,33,41)(H,35,36,37,38)/t18-,24?/m0/s1. The van der Waals surface area contributed by atoms with Gasteiger partial charge in [0, 0.05) is 50.1 Å². The van der Waals surface area contributed by atoms with Crippen molar-refractivity contribution in [2.45, 2.75) is 50.1 Å². The molecule has 1 aliphatic heterocycles. The number of carbonyl (C=O) groups is 2. The first-order valence-electron chi connectivity index (χ1n) is 13.8. The predicted molar refractivity (Wildman–Crippen MR) is 153 cm³/mol. The summed E-state index contributed by atoms with van der Waals surface area (Å²) >= 11 is 0. The van der Waals surface area contributed by atoms with Crippen molar-refractivity contribution >= 4 is 11.8 Å². The number of hydrogen-bond donors (Lipinski definition) is 4. The van der Waals surface area contributed by atoms with Crippen LogP contribution in [0.5, 0.6) is 0 Å². The topological polar surface area (TPSA) is 152 Å². The molecule has 1 fully saturated rings. The minimum Gasteiger partial charge on any atom is -0.358 e. The van der Waals surface area contributed by atoms with Gasteiger partial charge in [0.05, 0.1) is 11.5 Å². The number of tetrazole rings is 1. The molecule has 2 atom stereocenters. The van der Waals surface area contributed by atoms with Gasteiger partial charge in [-0.3, -0.25) is 9.59 Å². The Morgan fingerprint density at radius 1 is 1.15 bits per heavy atom. The normalized spacial score (nSPS) is 17.6. The van der Waals surface area contributed by atoms with E-state index in [1.807, 2.05) is 36.4 Å². The van der Waals surface area contributed by atoms with Gasteiger partial charge in [-0.2, -0.15) is 10.5 Å². The maximum absolute atomic E-state index is 12.6. The molecule has 41 heavy (non-hydrogen) atoms. The Labute approximate surface area is 239 Å². The number of benzene rings is 2.